The minimum absolute atomic E-state index is 0.138. The Balaban J connectivity index is 1.12. The molecule has 0 bridgehead atoms. The Labute approximate surface area is 241 Å². The van der Waals surface area contributed by atoms with Crippen LogP contribution in [0.25, 0.3) is 0 Å². The maximum atomic E-state index is 12.9. The maximum absolute atomic E-state index is 12.9. The highest BCUT2D eigenvalue weighted by atomic mass is 32.2. The van der Waals surface area contributed by atoms with Crippen LogP contribution >= 0.6 is 11.8 Å². The first-order valence-corrected chi connectivity index (χ1v) is 15.8. The highest BCUT2D eigenvalue weighted by Gasteiger charge is 2.28. The second-order valence-electron chi connectivity index (χ2n) is 9.90. The van der Waals surface area contributed by atoms with E-state index in [0.717, 1.165) is 22.6 Å². The minimum atomic E-state index is -3.46. The summed E-state index contributed by atoms with van der Waals surface area (Å²) in [5, 5.41) is 3.04. The van der Waals surface area contributed by atoms with Crippen LogP contribution in [0.1, 0.15) is 27.0 Å². The van der Waals surface area contributed by atoms with Gasteiger partial charge < -0.3 is 5.32 Å². The number of hydrogen-bond acceptors (Lipinski definition) is 5. The molecule has 0 spiro atoms. The summed E-state index contributed by atoms with van der Waals surface area (Å²) in [4.78, 5) is 16.7. The summed E-state index contributed by atoms with van der Waals surface area (Å²) in [7, 11) is -3.46. The number of piperazine rings is 1. The lowest BCUT2D eigenvalue weighted by atomic mass is 10.1. The van der Waals surface area contributed by atoms with E-state index in [1.54, 1.807) is 40.3 Å². The fourth-order valence-electron chi connectivity index (χ4n) is 4.72. The number of amides is 1. The Kier molecular flexibility index (Phi) is 9.01. The second-order valence-corrected chi connectivity index (χ2v) is 12.9. The van der Waals surface area contributed by atoms with Crippen molar-refractivity contribution in [1.82, 2.24) is 9.21 Å². The van der Waals surface area contributed by atoms with Crippen molar-refractivity contribution < 1.29 is 13.2 Å². The van der Waals surface area contributed by atoms with Crippen LogP contribution in [0.15, 0.2) is 113 Å². The number of nitrogens with zero attached hydrogens (tertiary/aromatic N) is 2. The number of thioether (sulfide) groups is 1. The Hall–Kier alpha value is -3.43. The molecule has 1 saturated heterocycles. The summed E-state index contributed by atoms with van der Waals surface area (Å²) in [6.07, 6.45) is 0. The number of carbonyl (C=O) groups is 1. The zero-order valence-electron chi connectivity index (χ0n) is 22.5. The fourth-order valence-corrected chi connectivity index (χ4v) is 7.03. The number of sulfonamides is 1. The van der Waals surface area contributed by atoms with E-state index in [1.807, 2.05) is 61.5 Å². The highest BCUT2D eigenvalue weighted by molar-refractivity contribution is 7.98. The van der Waals surface area contributed by atoms with Crippen molar-refractivity contribution in [3.8, 4) is 0 Å². The van der Waals surface area contributed by atoms with E-state index >= 15 is 0 Å². The van der Waals surface area contributed by atoms with Gasteiger partial charge in [0.1, 0.15) is 0 Å². The Bertz CT molecular complexity index is 1540. The molecule has 1 N–H and O–H groups in total. The Morgan fingerprint density at radius 2 is 1.43 bits per heavy atom. The average molecular weight is 572 g/mol. The van der Waals surface area contributed by atoms with Gasteiger partial charge in [-0.05, 0) is 66.1 Å². The lowest BCUT2D eigenvalue weighted by Crippen LogP contribution is -2.48. The Morgan fingerprint density at radius 1 is 0.800 bits per heavy atom. The molecule has 1 aliphatic rings. The molecular formula is C32H33N3O3S2. The maximum Gasteiger partial charge on any atom is 0.255 e. The average Bonchev–Trinajstić information content (AvgIpc) is 2.99. The van der Waals surface area contributed by atoms with E-state index in [4.69, 9.17) is 0 Å². The summed E-state index contributed by atoms with van der Waals surface area (Å²) in [5.41, 5.74) is 4.75. The number of rotatable bonds is 9. The fraction of sp³-hybridized carbons (Fsp3) is 0.219. The predicted octanol–water partition coefficient (Wildman–Crippen LogP) is 6.05. The van der Waals surface area contributed by atoms with E-state index in [0.29, 0.717) is 43.2 Å². The molecule has 0 aromatic heterocycles. The van der Waals surface area contributed by atoms with Crippen LogP contribution in [0, 0.1) is 6.92 Å². The normalized spacial score (nSPS) is 14.6. The molecule has 0 radical (unpaired) electrons. The lowest BCUT2D eigenvalue weighted by Gasteiger charge is -2.34. The number of benzene rings is 4. The van der Waals surface area contributed by atoms with Crippen molar-refractivity contribution in [2.45, 2.75) is 29.0 Å². The molecule has 40 heavy (non-hydrogen) atoms. The van der Waals surface area contributed by atoms with Gasteiger partial charge in [-0.15, -0.1) is 11.8 Å². The largest absolute Gasteiger partial charge is 0.322 e. The van der Waals surface area contributed by atoms with Crippen molar-refractivity contribution in [3.63, 3.8) is 0 Å². The van der Waals surface area contributed by atoms with Gasteiger partial charge in [0.05, 0.1) is 4.90 Å². The Morgan fingerprint density at radius 3 is 2.08 bits per heavy atom. The van der Waals surface area contributed by atoms with Crippen molar-refractivity contribution in [3.05, 3.63) is 125 Å². The van der Waals surface area contributed by atoms with Crippen LogP contribution in [0.2, 0.25) is 0 Å². The summed E-state index contributed by atoms with van der Waals surface area (Å²) in [6.45, 7) is 4.96. The first-order chi connectivity index (χ1) is 19.4. The smallest absolute Gasteiger partial charge is 0.255 e. The van der Waals surface area contributed by atoms with Gasteiger partial charge in [-0.1, -0.05) is 60.7 Å². The molecule has 206 valence electrons. The molecule has 1 fully saturated rings. The third-order valence-electron chi connectivity index (χ3n) is 7.02. The summed E-state index contributed by atoms with van der Waals surface area (Å²) in [5.74, 6) is 0.735. The van der Waals surface area contributed by atoms with Crippen LogP contribution in [0.3, 0.4) is 0 Å². The van der Waals surface area contributed by atoms with Crippen LogP contribution in [0.4, 0.5) is 5.69 Å². The van der Waals surface area contributed by atoms with Gasteiger partial charge in [0.15, 0.2) is 0 Å². The molecule has 1 aliphatic heterocycles. The van der Waals surface area contributed by atoms with Crippen molar-refractivity contribution in [1.29, 1.82) is 0 Å². The van der Waals surface area contributed by atoms with Crippen LogP contribution in [-0.4, -0.2) is 49.7 Å². The minimum Gasteiger partial charge on any atom is -0.322 e. The van der Waals surface area contributed by atoms with Crippen LogP contribution in [-0.2, 0) is 22.3 Å². The van der Waals surface area contributed by atoms with Gasteiger partial charge in [-0.2, -0.15) is 4.31 Å². The number of anilines is 1. The third-order valence-corrected chi connectivity index (χ3v) is 10.0. The zero-order valence-corrected chi connectivity index (χ0v) is 24.1. The molecule has 0 saturated carbocycles. The molecule has 8 heteroatoms. The van der Waals surface area contributed by atoms with E-state index in [1.165, 1.54) is 10.5 Å². The number of nitrogens with one attached hydrogen (secondary N) is 1. The molecule has 4 aromatic carbocycles. The summed E-state index contributed by atoms with van der Waals surface area (Å²) >= 11 is 1.79. The van der Waals surface area contributed by atoms with Crippen LogP contribution < -0.4 is 5.32 Å². The molecule has 0 atom stereocenters. The molecule has 1 amide bonds. The highest BCUT2D eigenvalue weighted by Crippen LogP contribution is 2.25. The lowest BCUT2D eigenvalue weighted by molar-refractivity contribution is 0.102. The third kappa shape index (κ3) is 7.01. The number of aryl methyl sites for hydroxylation is 1. The number of hydrogen-bond donors (Lipinski definition) is 1. The van der Waals surface area contributed by atoms with Gasteiger partial charge in [0.2, 0.25) is 10.0 Å². The molecular weight excluding hydrogens is 539 g/mol. The predicted molar refractivity (Wildman–Crippen MR) is 162 cm³/mol. The first kappa shape index (κ1) is 28.1. The van der Waals surface area contributed by atoms with Gasteiger partial charge in [0.25, 0.3) is 5.91 Å². The van der Waals surface area contributed by atoms with Crippen LogP contribution in [0.5, 0.6) is 0 Å². The summed E-state index contributed by atoms with van der Waals surface area (Å²) < 4.78 is 27.3. The SMILES string of the molecule is Cc1cc(CSc2ccccc2)ccc1NC(=O)c1ccc(CN2CCN(S(=O)(=O)c3ccccc3)CC2)cc1. The monoisotopic (exact) mass is 571 g/mol. The van der Waals surface area contributed by atoms with Crippen molar-refractivity contribution in [2.75, 3.05) is 31.5 Å². The molecule has 5 rings (SSSR count). The van der Waals surface area contributed by atoms with Gasteiger partial charge in [0, 0.05) is 54.6 Å². The first-order valence-electron chi connectivity index (χ1n) is 13.3. The van der Waals surface area contributed by atoms with Gasteiger partial charge >= 0.3 is 0 Å². The van der Waals surface area contributed by atoms with E-state index in [9.17, 15) is 13.2 Å². The summed E-state index contributed by atoms with van der Waals surface area (Å²) in [6, 6.07) is 32.7. The number of carbonyl (C=O) groups excluding carboxylic acids is 1. The zero-order chi connectivity index (χ0) is 28.0. The van der Waals surface area contributed by atoms with Crippen molar-refractivity contribution >= 4 is 33.4 Å². The topological polar surface area (TPSA) is 69.7 Å². The second kappa shape index (κ2) is 12.8. The molecule has 1 heterocycles. The van der Waals surface area contributed by atoms with E-state index < -0.39 is 10.0 Å². The van der Waals surface area contributed by atoms with Crippen molar-refractivity contribution in [2.24, 2.45) is 0 Å². The molecule has 0 unspecified atom stereocenters. The molecule has 0 aliphatic carbocycles. The molecule has 4 aromatic rings. The van der Waals surface area contributed by atoms with E-state index in [2.05, 4.69) is 34.5 Å². The quantitative estimate of drug-likeness (QED) is 0.248. The standard InChI is InChI=1S/C32H33N3O3S2/c1-25-22-27(24-39-29-8-4-2-5-9-29)14-17-31(25)33-32(36)28-15-12-26(13-16-28)23-34-18-20-35(21-19-34)40(37,38)30-10-6-3-7-11-30/h2-17,22H,18-21,23-24H2,1H3,(H,33,36). The molecule has 6 nitrogen and oxygen atoms in total. The van der Waals surface area contributed by atoms with Gasteiger partial charge in [-0.25, -0.2) is 8.42 Å². The van der Waals surface area contributed by atoms with E-state index in [-0.39, 0.29) is 5.91 Å². The van der Waals surface area contributed by atoms with Gasteiger partial charge in [-0.3, -0.25) is 9.69 Å².